The SMILES string of the molecule is Cc1cc(N2CCC3CNCC32)cnc1Cl. The molecule has 3 rings (SSSR count). The van der Waals surface area contributed by atoms with Crippen LogP contribution in [0, 0.1) is 12.8 Å². The van der Waals surface area contributed by atoms with Crippen LogP contribution in [0.4, 0.5) is 5.69 Å². The fourth-order valence-electron chi connectivity index (χ4n) is 2.87. The van der Waals surface area contributed by atoms with E-state index in [0.29, 0.717) is 11.2 Å². The van der Waals surface area contributed by atoms with Crippen LogP contribution in [-0.4, -0.2) is 30.7 Å². The number of anilines is 1. The number of rotatable bonds is 1. The predicted octanol–water partition coefficient (Wildman–Crippen LogP) is 1.84. The summed E-state index contributed by atoms with van der Waals surface area (Å²) in [7, 11) is 0. The van der Waals surface area contributed by atoms with Crippen LogP contribution in [0.15, 0.2) is 12.3 Å². The molecule has 2 aliphatic heterocycles. The van der Waals surface area contributed by atoms with Crippen molar-refractivity contribution in [2.45, 2.75) is 19.4 Å². The van der Waals surface area contributed by atoms with Crippen LogP contribution < -0.4 is 10.2 Å². The number of fused-ring (bicyclic) bond motifs is 1. The van der Waals surface area contributed by atoms with E-state index >= 15 is 0 Å². The average Bonchev–Trinajstić information content (AvgIpc) is 2.83. The highest BCUT2D eigenvalue weighted by Gasteiger charge is 2.37. The zero-order chi connectivity index (χ0) is 11.1. The highest BCUT2D eigenvalue weighted by Crippen LogP contribution is 2.32. The quantitative estimate of drug-likeness (QED) is 0.756. The van der Waals surface area contributed by atoms with Gasteiger partial charge >= 0.3 is 0 Å². The molecule has 0 spiro atoms. The number of hydrogen-bond donors (Lipinski definition) is 1. The first-order chi connectivity index (χ1) is 7.75. The van der Waals surface area contributed by atoms with Gasteiger partial charge in [0, 0.05) is 25.7 Å². The first-order valence-corrected chi connectivity index (χ1v) is 6.23. The van der Waals surface area contributed by atoms with E-state index in [1.165, 1.54) is 18.7 Å². The fraction of sp³-hybridized carbons (Fsp3) is 0.583. The summed E-state index contributed by atoms with van der Waals surface area (Å²) in [5.41, 5.74) is 2.28. The largest absolute Gasteiger partial charge is 0.366 e. The van der Waals surface area contributed by atoms with Gasteiger partial charge in [0.2, 0.25) is 0 Å². The summed E-state index contributed by atoms with van der Waals surface area (Å²) < 4.78 is 0. The van der Waals surface area contributed by atoms with Gasteiger partial charge in [-0.05, 0) is 30.9 Å². The molecule has 4 heteroatoms. The Hall–Kier alpha value is -0.800. The third-order valence-electron chi connectivity index (χ3n) is 3.78. The number of halogens is 1. The van der Waals surface area contributed by atoms with Gasteiger partial charge in [0.05, 0.1) is 11.9 Å². The maximum Gasteiger partial charge on any atom is 0.132 e. The van der Waals surface area contributed by atoms with Crippen molar-refractivity contribution in [3.63, 3.8) is 0 Å². The van der Waals surface area contributed by atoms with Gasteiger partial charge in [0.15, 0.2) is 0 Å². The first kappa shape index (κ1) is 10.4. The summed E-state index contributed by atoms with van der Waals surface area (Å²) in [5.74, 6) is 0.816. The van der Waals surface area contributed by atoms with Crippen molar-refractivity contribution in [2.75, 3.05) is 24.5 Å². The van der Waals surface area contributed by atoms with Crippen LogP contribution in [0.2, 0.25) is 5.15 Å². The van der Waals surface area contributed by atoms with Crippen LogP contribution in [-0.2, 0) is 0 Å². The van der Waals surface area contributed by atoms with E-state index in [9.17, 15) is 0 Å². The smallest absolute Gasteiger partial charge is 0.132 e. The Morgan fingerprint density at radius 1 is 1.50 bits per heavy atom. The number of aromatic nitrogens is 1. The van der Waals surface area contributed by atoms with Gasteiger partial charge in [-0.3, -0.25) is 0 Å². The number of nitrogens with zero attached hydrogens (tertiary/aromatic N) is 2. The molecule has 3 nitrogen and oxygen atoms in total. The molecule has 1 aromatic rings. The predicted molar refractivity (Wildman–Crippen MR) is 66.1 cm³/mol. The molecule has 0 bridgehead atoms. The molecule has 2 unspecified atom stereocenters. The number of aryl methyl sites for hydroxylation is 1. The summed E-state index contributed by atoms with van der Waals surface area (Å²) >= 11 is 5.96. The second kappa shape index (κ2) is 3.90. The summed E-state index contributed by atoms with van der Waals surface area (Å²) in [6, 6.07) is 2.80. The fourth-order valence-corrected chi connectivity index (χ4v) is 2.97. The number of hydrogen-bond acceptors (Lipinski definition) is 3. The van der Waals surface area contributed by atoms with E-state index in [0.717, 1.165) is 24.6 Å². The van der Waals surface area contributed by atoms with Gasteiger partial charge in [-0.15, -0.1) is 0 Å². The van der Waals surface area contributed by atoms with Crippen LogP contribution >= 0.6 is 11.6 Å². The average molecular weight is 238 g/mol. The molecule has 86 valence electrons. The first-order valence-electron chi connectivity index (χ1n) is 5.85. The molecule has 2 aliphatic rings. The summed E-state index contributed by atoms with van der Waals surface area (Å²) in [6.45, 7) is 5.44. The van der Waals surface area contributed by atoms with Gasteiger partial charge in [0.25, 0.3) is 0 Å². The summed E-state index contributed by atoms with van der Waals surface area (Å²) in [4.78, 5) is 6.71. The van der Waals surface area contributed by atoms with Crippen LogP contribution in [0.3, 0.4) is 0 Å². The lowest BCUT2D eigenvalue weighted by Gasteiger charge is -2.25. The molecule has 0 aliphatic carbocycles. The molecule has 1 N–H and O–H groups in total. The highest BCUT2D eigenvalue weighted by atomic mass is 35.5. The Morgan fingerprint density at radius 3 is 3.19 bits per heavy atom. The molecule has 0 saturated carbocycles. The van der Waals surface area contributed by atoms with E-state index in [4.69, 9.17) is 11.6 Å². The Morgan fingerprint density at radius 2 is 2.38 bits per heavy atom. The number of nitrogens with one attached hydrogen (secondary N) is 1. The van der Waals surface area contributed by atoms with Crippen molar-refractivity contribution < 1.29 is 0 Å². The van der Waals surface area contributed by atoms with Gasteiger partial charge in [0.1, 0.15) is 5.15 Å². The molecular formula is C12H16ClN3. The maximum absolute atomic E-state index is 5.96. The molecule has 2 atom stereocenters. The van der Waals surface area contributed by atoms with Crippen LogP contribution in [0.5, 0.6) is 0 Å². The Labute approximate surface area is 101 Å². The molecule has 2 fully saturated rings. The van der Waals surface area contributed by atoms with Crippen molar-refractivity contribution in [1.82, 2.24) is 10.3 Å². The molecular weight excluding hydrogens is 222 g/mol. The Bertz CT molecular complexity index is 407. The monoisotopic (exact) mass is 237 g/mol. The second-order valence-electron chi connectivity index (χ2n) is 4.77. The van der Waals surface area contributed by atoms with Crippen molar-refractivity contribution in [1.29, 1.82) is 0 Å². The molecule has 0 amide bonds. The lowest BCUT2D eigenvalue weighted by molar-refractivity contribution is 0.578. The minimum Gasteiger partial charge on any atom is -0.366 e. The van der Waals surface area contributed by atoms with Crippen molar-refractivity contribution in [3.8, 4) is 0 Å². The topological polar surface area (TPSA) is 28.2 Å². The van der Waals surface area contributed by atoms with Crippen molar-refractivity contribution in [3.05, 3.63) is 23.0 Å². The Balaban J connectivity index is 1.89. The van der Waals surface area contributed by atoms with Crippen LogP contribution in [0.1, 0.15) is 12.0 Å². The van der Waals surface area contributed by atoms with E-state index in [-0.39, 0.29) is 0 Å². The van der Waals surface area contributed by atoms with Gasteiger partial charge < -0.3 is 10.2 Å². The normalized spacial score (nSPS) is 28.5. The van der Waals surface area contributed by atoms with E-state index < -0.39 is 0 Å². The van der Waals surface area contributed by atoms with Gasteiger partial charge in [-0.2, -0.15) is 0 Å². The van der Waals surface area contributed by atoms with E-state index in [1.807, 2.05) is 13.1 Å². The minimum atomic E-state index is 0.615. The van der Waals surface area contributed by atoms with Crippen molar-refractivity contribution >= 4 is 17.3 Å². The summed E-state index contributed by atoms with van der Waals surface area (Å²) in [5, 5.41) is 4.08. The second-order valence-corrected chi connectivity index (χ2v) is 5.13. The standard InChI is InChI=1S/C12H16ClN3/c1-8-4-10(6-15-12(8)13)16-3-2-9-5-14-7-11(9)16/h4,6,9,11,14H,2-3,5,7H2,1H3. The zero-order valence-electron chi connectivity index (χ0n) is 9.41. The van der Waals surface area contributed by atoms with Gasteiger partial charge in [-0.1, -0.05) is 11.6 Å². The maximum atomic E-state index is 5.96. The molecule has 0 aromatic carbocycles. The van der Waals surface area contributed by atoms with Crippen LogP contribution in [0.25, 0.3) is 0 Å². The lowest BCUT2D eigenvalue weighted by Crippen LogP contribution is -2.34. The molecule has 2 saturated heterocycles. The third-order valence-corrected chi connectivity index (χ3v) is 4.17. The Kier molecular flexibility index (Phi) is 2.52. The molecule has 3 heterocycles. The van der Waals surface area contributed by atoms with E-state index in [1.54, 1.807) is 0 Å². The molecule has 1 aromatic heterocycles. The van der Waals surface area contributed by atoms with Gasteiger partial charge in [-0.25, -0.2) is 4.98 Å². The molecule has 0 radical (unpaired) electrons. The zero-order valence-corrected chi connectivity index (χ0v) is 10.2. The minimum absolute atomic E-state index is 0.615. The number of pyridine rings is 1. The highest BCUT2D eigenvalue weighted by molar-refractivity contribution is 6.30. The summed E-state index contributed by atoms with van der Waals surface area (Å²) in [6.07, 6.45) is 3.19. The third kappa shape index (κ3) is 1.59. The molecule has 16 heavy (non-hydrogen) atoms. The van der Waals surface area contributed by atoms with E-state index in [2.05, 4.69) is 21.3 Å². The lowest BCUT2D eigenvalue weighted by atomic mass is 10.1. The van der Waals surface area contributed by atoms with Crippen molar-refractivity contribution in [2.24, 2.45) is 5.92 Å².